The molecule has 0 atom stereocenters. The number of carbonyl (C=O) groups is 1. The van der Waals surface area contributed by atoms with Gasteiger partial charge < -0.3 is 9.15 Å². The standard InChI is InChI=1S/C19H19N3O3S/c1-12-4-9-16(13(2)10-12)18-21-22-19(25-18)20-17(23)11-26-15-7-5-14(24-3)6-8-15/h4-10H,11H2,1-3H3,(H,20,22,23). The first kappa shape index (κ1) is 18.0. The van der Waals surface area contributed by atoms with Crippen molar-refractivity contribution in [1.29, 1.82) is 0 Å². The molecule has 0 spiro atoms. The quantitative estimate of drug-likeness (QED) is 0.660. The number of amides is 1. The van der Waals surface area contributed by atoms with Crippen molar-refractivity contribution in [2.45, 2.75) is 18.7 Å². The highest BCUT2D eigenvalue weighted by Gasteiger charge is 2.13. The SMILES string of the molecule is COc1ccc(SCC(=O)Nc2nnc(-c3ccc(C)cc3C)o2)cc1. The highest BCUT2D eigenvalue weighted by Crippen LogP contribution is 2.25. The molecule has 0 unspecified atom stereocenters. The van der Waals surface area contributed by atoms with Crippen molar-refractivity contribution in [3.63, 3.8) is 0 Å². The number of benzene rings is 2. The molecule has 3 aromatic rings. The van der Waals surface area contributed by atoms with Gasteiger partial charge >= 0.3 is 6.01 Å². The first-order chi connectivity index (χ1) is 12.5. The van der Waals surface area contributed by atoms with E-state index in [9.17, 15) is 4.79 Å². The third kappa shape index (κ3) is 4.43. The van der Waals surface area contributed by atoms with Gasteiger partial charge in [0.1, 0.15) is 5.75 Å². The molecule has 134 valence electrons. The molecule has 0 aliphatic rings. The van der Waals surface area contributed by atoms with Crippen LogP contribution in [0.15, 0.2) is 51.8 Å². The average molecular weight is 369 g/mol. The molecule has 0 saturated heterocycles. The predicted octanol–water partition coefficient (Wildman–Crippen LogP) is 4.09. The van der Waals surface area contributed by atoms with Crippen LogP contribution in [0.1, 0.15) is 11.1 Å². The van der Waals surface area contributed by atoms with E-state index in [2.05, 4.69) is 15.5 Å². The molecule has 7 heteroatoms. The smallest absolute Gasteiger partial charge is 0.322 e. The van der Waals surface area contributed by atoms with Crippen LogP contribution in [0.2, 0.25) is 0 Å². The largest absolute Gasteiger partial charge is 0.497 e. The normalized spacial score (nSPS) is 10.6. The van der Waals surface area contributed by atoms with E-state index < -0.39 is 0 Å². The molecule has 1 amide bonds. The van der Waals surface area contributed by atoms with Gasteiger partial charge in [0.15, 0.2) is 0 Å². The van der Waals surface area contributed by atoms with Crippen LogP contribution in [0.25, 0.3) is 11.5 Å². The summed E-state index contributed by atoms with van der Waals surface area (Å²) in [4.78, 5) is 13.1. The maximum atomic E-state index is 12.1. The minimum absolute atomic E-state index is 0.0975. The summed E-state index contributed by atoms with van der Waals surface area (Å²) < 4.78 is 10.7. The highest BCUT2D eigenvalue weighted by atomic mass is 32.2. The zero-order valence-corrected chi connectivity index (χ0v) is 15.6. The zero-order valence-electron chi connectivity index (χ0n) is 14.8. The fourth-order valence-electron chi connectivity index (χ4n) is 2.41. The van der Waals surface area contributed by atoms with Gasteiger partial charge in [0.2, 0.25) is 11.8 Å². The Labute approximate surface area is 156 Å². The van der Waals surface area contributed by atoms with E-state index in [0.717, 1.165) is 27.3 Å². The molecule has 1 heterocycles. The Morgan fingerprint density at radius 3 is 2.62 bits per heavy atom. The zero-order chi connectivity index (χ0) is 18.5. The summed E-state index contributed by atoms with van der Waals surface area (Å²) in [6.45, 7) is 4.01. The van der Waals surface area contributed by atoms with Crippen LogP contribution in [0, 0.1) is 13.8 Å². The average Bonchev–Trinajstić information content (AvgIpc) is 3.08. The number of methoxy groups -OCH3 is 1. The van der Waals surface area contributed by atoms with Crippen LogP contribution in [0.5, 0.6) is 5.75 Å². The van der Waals surface area contributed by atoms with Crippen LogP contribution in [0.4, 0.5) is 6.01 Å². The van der Waals surface area contributed by atoms with E-state index in [1.54, 1.807) is 7.11 Å². The Kier molecular flexibility index (Phi) is 5.58. The number of nitrogens with one attached hydrogen (secondary N) is 1. The predicted molar refractivity (Wildman–Crippen MR) is 102 cm³/mol. The second-order valence-electron chi connectivity index (χ2n) is 5.74. The summed E-state index contributed by atoms with van der Waals surface area (Å²) in [5, 5.41) is 10.5. The van der Waals surface area contributed by atoms with Gasteiger partial charge in [0, 0.05) is 10.5 Å². The van der Waals surface area contributed by atoms with Crippen LogP contribution in [-0.2, 0) is 4.79 Å². The van der Waals surface area contributed by atoms with Crippen molar-refractivity contribution in [1.82, 2.24) is 10.2 Å². The molecular weight excluding hydrogens is 350 g/mol. The molecular formula is C19H19N3O3S. The van der Waals surface area contributed by atoms with E-state index in [1.807, 2.05) is 56.3 Å². The molecule has 0 fully saturated rings. The topological polar surface area (TPSA) is 77.2 Å². The van der Waals surface area contributed by atoms with Gasteiger partial charge in [-0.05, 0) is 49.7 Å². The minimum atomic E-state index is -0.207. The van der Waals surface area contributed by atoms with Gasteiger partial charge in [-0.25, -0.2) is 0 Å². The molecule has 1 aromatic heterocycles. The van der Waals surface area contributed by atoms with E-state index in [1.165, 1.54) is 11.8 Å². The lowest BCUT2D eigenvalue weighted by molar-refractivity contribution is -0.113. The first-order valence-electron chi connectivity index (χ1n) is 8.03. The number of ether oxygens (including phenoxy) is 1. The third-order valence-electron chi connectivity index (χ3n) is 3.71. The Balaban J connectivity index is 1.58. The Bertz CT molecular complexity index is 907. The maximum absolute atomic E-state index is 12.1. The van der Waals surface area contributed by atoms with Gasteiger partial charge in [0.05, 0.1) is 12.9 Å². The van der Waals surface area contributed by atoms with Crippen molar-refractivity contribution < 1.29 is 13.9 Å². The molecule has 0 bridgehead atoms. The summed E-state index contributed by atoms with van der Waals surface area (Å²) in [5.74, 6) is 1.21. The van der Waals surface area contributed by atoms with Crippen LogP contribution >= 0.6 is 11.8 Å². The van der Waals surface area contributed by atoms with Gasteiger partial charge in [-0.15, -0.1) is 16.9 Å². The van der Waals surface area contributed by atoms with Crippen molar-refractivity contribution in [2.75, 3.05) is 18.2 Å². The lowest BCUT2D eigenvalue weighted by Gasteiger charge is -2.03. The molecule has 0 saturated carbocycles. The summed E-state index contributed by atoms with van der Waals surface area (Å²) in [6.07, 6.45) is 0. The molecule has 1 N–H and O–H groups in total. The number of hydrogen-bond acceptors (Lipinski definition) is 6. The van der Waals surface area contributed by atoms with E-state index in [0.29, 0.717) is 5.89 Å². The fourth-order valence-corrected chi connectivity index (χ4v) is 3.11. The number of aryl methyl sites for hydroxylation is 2. The molecule has 26 heavy (non-hydrogen) atoms. The number of rotatable bonds is 6. The number of thioether (sulfide) groups is 1. The lowest BCUT2D eigenvalue weighted by atomic mass is 10.1. The maximum Gasteiger partial charge on any atom is 0.322 e. The first-order valence-corrected chi connectivity index (χ1v) is 9.01. The van der Waals surface area contributed by atoms with Crippen LogP contribution in [0.3, 0.4) is 0 Å². The molecule has 6 nitrogen and oxygen atoms in total. The van der Waals surface area contributed by atoms with Crippen molar-refractivity contribution >= 4 is 23.7 Å². The fraction of sp³-hybridized carbons (Fsp3) is 0.211. The van der Waals surface area contributed by atoms with Crippen molar-refractivity contribution in [3.8, 4) is 17.2 Å². The number of nitrogens with zero attached hydrogens (tertiary/aromatic N) is 2. The van der Waals surface area contributed by atoms with Gasteiger partial charge in [-0.1, -0.05) is 22.8 Å². The number of carbonyl (C=O) groups excluding carboxylic acids is 1. The lowest BCUT2D eigenvalue weighted by Crippen LogP contribution is -2.14. The summed E-state index contributed by atoms with van der Waals surface area (Å²) >= 11 is 1.42. The van der Waals surface area contributed by atoms with Gasteiger partial charge in [-0.3, -0.25) is 10.1 Å². The molecule has 0 aliphatic heterocycles. The Morgan fingerprint density at radius 1 is 1.15 bits per heavy atom. The van der Waals surface area contributed by atoms with E-state index in [-0.39, 0.29) is 17.7 Å². The number of hydrogen-bond donors (Lipinski definition) is 1. The number of anilines is 1. The van der Waals surface area contributed by atoms with Crippen LogP contribution in [-0.4, -0.2) is 29.0 Å². The van der Waals surface area contributed by atoms with Crippen molar-refractivity contribution in [2.24, 2.45) is 0 Å². The monoisotopic (exact) mass is 369 g/mol. The molecule has 3 rings (SSSR count). The van der Waals surface area contributed by atoms with Crippen molar-refractivity contribution in [3.05, 3.63) is 53.6 Å². The summed E-state index contributed by atoms with van der Waals surface area (Å²) in [6, 6.07) is 13.6. The second-order valence-corrected chi connectivity index (χ2v) is 6.79. The number of aromatic nitrogens is 2. The van der Waals surface area contributed by atoms with E-state index >= 15 is 0 Å². The summed E-state index contributed by atoms with van der Waals surface area (Å²) in [7, 11) is 1.62. The minimum Gasteiger partial charge on any atom is -0.497 e. The van der Waals surface area contributed by atoms with Crippen LogP contribution < -0.4 is 10.1 Å². The van der Waals surface area contributed by atoms with Gasteiger partial charge in [-0.2, -0.15) is 0 Å². The molecule has 2 aromatic carbocycles. The Morgan fingerprint density at radius 2 is 1.92 bits per heavy atom. The van der Waals surface area contributed by atoms with Gasteiger partial charge in [0.25, 0.3) is 0 Å². The second kappa shape index (κ2) is 8.05. The highest BCUT2D eigenvalue weighted by molar-refractivity contribution is 8.00. The molecule has 0 aliphatic carbocycles. The Hall–Kier alpha value is -2.80. The van der Waals surface area contributed by atoms with E-state index in [4.69, 9.17) is 9.15 Å². The summed E-state index contributed by atoms with van der Waals surface area (Å²) in [5.41, 5.74) is 3.06. The molecule has 0 radical (unpaired) electrons. The third-order valence-corrected chi connectivity index (χ3v) is 4.73.